The molecule has 0 amide bonds. The minimum atomic E-state index is 0.866. The summed E-state index contributed by atoms with van der Waals surface area (Å²) >= 11 is 0. The standard InChI is InChI=1S/2C7H14N2/c1-9-4-6-2-8-3-7(6)5-9;1-9-3-2-6-4-8-5-7(6)9/h2*6-8H,2-5H2,1H3. The molecule has 4 aliphatic rings. The van der Waals surface area contributed by atoms with Crippen LogP contribution in [0.5, 0.6) is 0 Å². The van der Waals surface area contributed by atoms with Gasteiger partial charge in [-0.1, -0.05) is 0 Å². The Bertz CT molecular complexity index is 271. The zero-order valence-electron chi connectivity index (χ0n) is 11.9. The van der Waals surface area contributed by atoms with Gasteiger partial charge in [0.15, 0.2) is 0 Å². The van der Waals surface area contributed by atoms with E-state index in [1.165, 1.54) is 52.2 Å². The van der Waals surface area contributed by atoms with Gasteiger partial charge in [-0.05, 0) is 64.4 Å². The zero-order valence-corrected chi connectivity index (χ0v) is 11.9. The fraction of sp³-hybridized carbons (Fsp3) is 1.00. The lowest BCUT2D eigenvalue weighted by atomic mass is 10.0. The fourth-order valence-corrected chi connectivity index (χ4v) is 4.15. The van der Waals surface area contributed by atoms with Gasteiger partial charge >= 0.3 is 0 Å². The van der Waals surface area contributed by atoms with Gasteiger partial charge in [-0.15, -0.1) is 0 Å². The second-order valence-corrected chi connectivity index (χ2v) is 6.65. The topological polar surface area (TPSA) is 30.5 Å². The second-order valence-electron chi connectivity index (χ2n) is 6.65. The van der Waals surface area contributed by atoms with Crippen LogP contribution in [0.15, 0.2) is 0 Å². The Morgan fingerprint density at radius 1 is 0.833 bits per heavy atom. The van der Waals surface area contributed by atoms with Crippen molar-refractivity contribution in [2.45, 2.75) is 12.5 Å². The smallest absolute Gasteiger partial charge is 0.0258 e. The first-order valence-corrected chi connectivity index (χ1v) is 7.54. The van der Waals surface area contributed by atoms with Crippen LogP contribution in [0.3, 0.4) is 0 Å². The van der Waals surface area contributed by atoms with Crippen molar-refractivity contribution in [1.82, 2.24) is 20.4 Å². The normalized spacial score (nSPS) is 43.7. The molecule has 0 radical (unpaired) electrons. The first kappa shape index (κ1) is 12.9. The van der Waals surface area contributed by atoms with Crippen molar-refractivity contribution in [3.8, 4) is 0 Å². The first-order chi connectivity index (χ1) is 8.74. The van der Waals surface area contributed by atoms with Crippen LogP contribution in [0, 0.1) is 17.8 Å². The predicted molar refractivity (Wildman–Crippen MR) is 74.7 cm³/mol. The predicted octanol–water partition coefficient (Wildman–Crippen LogP) is -0.323. The molecule has 4 nitrogen and oxygen atoms in total. The number of rotatable bonds is 0. The highest BCUT2D eigenvalue weighted by Gasteiger charge is 2.35. The van der Waals surface area contributed by atoms with Crippen LogP contribution in [-0.4, -0.2) is 75.8 Å². The van der Waals surface area contributed by atoms with Gasteiger partial charge in [0.1, 0.15) is 0 Å². The van der Waals surface area contributed by atoms with E-state index >= 15 is 0 Å². The summed E-state index contributed by atoms with van der Waals surface area (Å²) in [7, 11) is 4.45. The molecule has 2 N–H and O–H groups in total. The van der Waals surface area contributed by atoms with Crippen molar-refractivity contribution in [2.75, 3.05) is 59.9 Å². The van der Waals surface area contributed by atoms with Crippen molar-refractivity contribution >= 4 is 0 Å². The minimum absolute atomic E-state index is 0.866. The molecule has 0 aromatic heterocycles. The molecule has 4 atom stereocenters. The maximum Gasteiger partial charge on any atom is 0.0258 e. The summed E-state index contributed by atoms with van der Waals surface area (Å²) in [5.74, 6) is 2.90. The summed E-state index contributed by atoms with van der Waals surface area (Å²) in [6.45, 7) is 8.95. The van der Waals surface area contributed by atoms with Gasteiger partial charge in [0.25, 0.3) is 0 Å². The van der Waals surface area contributed by atoms with Crippen LogP contribution in [0.2, 0.25) is 0 Å². The Labute approximate surface area is 111 Å². The largest absolute Gasteiger partial charge is 0.316 e. The molecule has 4 fully saturated rings. The van der Waals surface area contributed by atoms with Crippen LogP contribution in [0.4, 0.5) is 0 Å². The molecule has 4 unspecified atom stereocenters. The van der Waals surface area contributed by atoms with Crippen LogP contribution in [-0.2, 0) is 0 Å². The van der Waals surface area contributed by atoms with Crippen molar-refractivity contribution in [1.29, 1.82) is 0 Å². The molecular weight excluding hydrogens is 224 g/mol. The Balaban J connectivity index is 0.000000111. The van der Waals surface area contributed by atoms with E-state index in [2.05, 4.69) is 34.5 Å². The summed E-state index contributed by atoms with van der Waals surface area (Å²) in [5.41, 5.74) is 0. The van der Waals surface area contributed by atoms with Crippen LogP contribution >= 0.6 is 0 Å². The third-order valence-electron chi connectivity index (χ3n) is 5.29. The summed E-state index contributed by atoms with van der Waals surface area (Å²) in [6, 6.07) is 0.866. The number of hydrogen-bond donors (Lipinski definition) is 2. The van der Waals surface area contributed by atoms with Gasteiger partial charge in [-0.25, -0.2) is 0 Å². The Kier molecular flexibility index (Phi) is 3.89. The number of nitrogens with zero attached hydrogens (tertiary/aromatic N) is 2. The number of likely N-dealkylation sites (N-methyl/N-ethyl adjacent to an activating group) is 1. The van der Waals surface area contributed by atoms with Gasteiger partial charge in [0.2, 0.25) is 0 Å². The average molecular weight is 252 g/mol. The monoisotopic (exact) mass is 252 g/mol. The summed E-state index contributed by atoms with van der Waals surface area (Å²) in [5, 5.41) is 6.83. The lowest BCUT2D eigenvalue weighted by Crippen LogP contribution is -2.30. The maximum atomic E-state index is 3.42. The molecule has 0 bridgehead atoms. The number of hydrogen-bond acceptors (Lipinski definition) is 4. The summed E-state index contributed by atoms with van der Waals surface area (Å²) < 4.78 is 0. The Morgan fingerprint density at radius 2 is 1.44 bits per heavy atom. The fourth-order valence-electron chi connectivity index (χ4n) is 4.15. The highest BCUT2D eigenvalue weighted by molar-refractivity contribution is 4.92. The van der Waals surface area contributed by atoms with Gasteiger partial charge in [-0.3, -0.25) is 0 Å². The van der Waals surface area contributed by atoms with Gasteiger partial charge in [-0.2, -0.15) is 0 Å². The summed E-state index contributed by atoms with van der Waals surface area (Å²) in [4.78, 5) is 4.92. The molecule has 0 aromatic carbocycles. The molecule has 4 saturated heterocycles. The van der Waals surface area contributed by atoms with E-state index in [0.717, 1.165) is 23.8 Å². The van der Waals surface area contributed by atoms with E-state index in [9.17, 15) is 0 Å². The maximum absolute atomic E-state index is 3.42. The molecule has 0 saturated carbocycles. The third-order valence-corrected chi connectivity index (χ3v) is 5.29. The number of fused-ring (bicyclic) bond motifs is 2. The molecule has 0 spiro atoms. The minimum Gasteiger partial charge on any atom is -0.316 e. The van der Waals surface area contributed by atoms with Crippen molar-refractivity contribution in [3.05, 3.63) is 0 Å². The highest BCUT2D eigenvalue weighted by atomic mass is 15.2. The SMILES string of the molecule is CN1CC2CNCC2C1.CN1CCC2CNCC21. The quantitative estimate of drug-likeness (QED) is 0.618. The number of nitrogens with one attached hydrogen (secondary N) is 2. The molecule has 18 heavy (non-hydrogen) atoms. The van der Waals surface area contributed by atoms with E-state index in [-0.39, 0.29) is 0 Å². The highest BCUT2D eigenvalue weighted by Crippen LogP contribution is 2.25. The van der Waals surface area contributed by atoms with Gasteiger partial charge in [0.05, 0.1) is 0 Å². The molecule has 4 rings (SSSR count). The summed E-state index contributed by atoms with van der Waals surface area (Å²) in [6.07, 6.45) is 1.41. The Morgan fingerprint density at radius 3 is 2.11 bits per heavy atom. The molecular formula is C14H28N4. The van der Waals surface area contributed by atoms with Crippen molar-refractivity contribution < 1.29 is 0 Å². The van der Waals surface area contributed by atoms with E-state index in [0.29, 0.717) is 0 Å². The molecule has 4 heterocycles. The molecule has 0 aliphatic carbocycles. The van der Waals surface area contributed by atoms with E-state index in [1.54, 1.807) is 0 Å². The van der Waals surface area contributed by atoms with Crippen molar-refractivity contribution in [3.63, 3.8) is 0 Å². The third kappa shape index (κ3) is 2.57. The second kappa shape index (κ2) is 5.45. The van der Waals surface area contributed by atoms with E-state index < -0.39 is 0 Å². The zero-order chi connectivity index (χ0) is 12.5. The molecule has 104 valence electrons. The molecule has 0 aromatic rings. The Hall–Kier alpha value is -0.160. The molecule has 4 aliphatic heterocycles. The van der Waals surface area contributed by atoms with E-state index in [4.69, 9.17) is 0 Å². The van der Waals surface area contributed by atoms with Crippen LogP contribution < -0.4 is 10.6 Å². The van der Waals surface area contributed by atoms with Gasteiger partial charge in [0, 0.05) is 25.7 Å². The average Bonchev–Trinajstić information content (AvgIpc) is 3.02. The lowest BCUT2D eigenvalue weighted by molar-refractivity contribution is 0.308. The lowest BCUT2D eigenvalue weighted by Gasteiger charge is -2.16. The van der Waals surface area contributed by atoms with Crippen LogP contribution in [0.1, 0.15) is 6.42 Å². The number of likely N-dealkylation sites (tertiary alicyclic amines) is 2. The van der Waals surface area contributed by atoms with Gasteiger partial charge < -0.3 is 20.4 Å². The van der Waals surface area contributed by atoms with Crippen LogP contribution in [0.25, 0.3) is 0 Å². The van der Waals surface area contributed by atoms with Crippen molar-refractivity contribution in [2.24, 2.45) is 17.8 Å². The van der Waals surface area contributed by atoms with E-state index in [1.807, 2.05) is 0 Å². The molecule has 4 heteroatoms. The first-order valence-electron chi connectivity index (χ1n) is 7.54.